The van der Waals surface area contributed by atoms with E-state index in [-0.39, 0.29) is 6.04 Å². The van der Waals surface area contributed by atoms with E-state index < -0.39 is 6.10 Å². The Bertz CT molecular complexity index is 699. The van der Waals surface area contributed by atoms with Gasteiger partial charge in [0, 0.05) is 29.0 Å². The number of aromatic nitrogens is 1. The van der Waals surface area contributed by atoms with E-state index >= 15 is 0 Å². The normalized spacial score (nSPS) is 32.8. The van der Waals surface area contributed by atoms with Gasteiger partial charge in [0.05, 0.1) is 11.6 Å². The van der Waals surface area contributed by atoms with Crippen molar-refractivity contribution in [2.24, 2.45) is 11.8 Å². The topological polar surface area (TPSA) is 36.4 Å². The zero-order chi connectivity index (χ0) is 16.0. The highest BCUT2D eigenvalue weighted by atomic mass is 79.9. The van der Waals surface area contributed by atoms with Gasteiger partial charge in [0.2, 0.25) is 0 Å². The van der Waals surface area contributed by atoms with Gasteiger partial charge in [-0.05, 0) is 48.9 Å². The first-order valence-corrected chi connectivity index (χ1v) is 9.46. The zero-order valence-corrected chi connectivity index (χ0v) is 15.0. The zero-order valence-electron chi connectivity index (χ0n) is 13.4. The van der Waals surface area contributed by atoms with Crippen molar-refractivity contribution in [1.29, 1.82) is 0 Å². The number of rotatable bonds is 3. The van der Waals surface area contributed by atoms with Gasteiger partial charge >= 0.3 is 0 Å². The van der Waals surface area contributed by atoms with Gasteiger partial charge < -0.3 is 5.11 Å². The van der Waals surface area contributed by atoms with Gasteiger partial charge in [0.25, 0.3) is 0 Å². The molecule has 0 aliphatic carbocycles. The molecule has 3 aliphatic rings. The number of hydrogen-bond acceptors (Lipinski definition) is 3. The van der Waals surface area contributed by atoms with Crippen LogP contribution in [0, 0.1) is 11.8 Å². The van der Waals surface area contributed by atoms with E-state index in [0.717, 1.165) is 41.9 Å². The summed E-state index contributed by atoms with van der Waals surface area (Å²) in [5, 5.41) is 12.2. The second-order valence-corrected chi connectivity index (χ2v) is 8.49. The van der Waals surface area contributed by atoms with E-state index in [4.69, 9.17) is 0 Å². The molecule has 1 aromatic heterocycles. The molecule has 4 heteroatoms. The van der Waals surface area contributed by atoms with Crippen LogP contribution in [0.25, 0.3) is 10.9 Å². The van der Waals surface area contributed by atoms with Gasteiger partial charge in [0.15, 0.2) is 0 Å². The number of piperidine rings is 3. The molecule has 3 nitrogen and oxygen atoms in total. The van der Waals surface area contributed by atoms with Crippen LogP contribution in [-0.2, 0) is 0 Å². The Hall–Kier alpha value is -0.970. The molecule has 0 saturated carbocycles. The predicted molar refractivity (Wildman–Crippen MR) is 96.7 cm³/mol. The van der Waals surface area contributed by atoms with E-state index in [1.165, 1.54) is 6.42 Å². The van der Waals surface area contributed by atoms with Crippen molar-refractivity contribution < 1.29 is 5.11 Å². The van der Waals surface area contributed by atoms with Crippen molar-refractivity contribution in [3.8, 4) is 0 Å². The smallest absolute Gasteiger partial charge is 0.0952 e. The molecule has 5 rings (SSSR count). The molecule has 1 aromatic carbocycles. The van der Waals surface area contributed by atoms with Crippen molar-refractivity contribution in [1.82, 2.24) is 9.88 Å². The summed E-state index contributed by atoms with van der Waals surface area (Å²) in [6.07, 6.45) is 3.75. The fourth-order valence-electron chi connectivity index (χ4n) is 4.54. The number of fused-ring (bicyclic) bond motifs is 4. The average Bonchev–Trinajstić information content (AvgIpc) is 2.60. The number of alkyl halides is 1. The Balaban J connectivity index is 1.64. The summed E-state index contributed by atoms with van der Waals surface area (Å²) in [5.41, 5.74) is 1.99. The number of para-hydroxylation sites is 1. The summed E-state index contributed by atoms with van der Waals surface area (Å²) in [4.78, 5) is 7.48. The number of aliphatic hydroxyl groups excluding tert-OH is 1. The maximum Gasteiger partial charge on any atom is 0.0952 e. The highest BCUT2D eigenvalue weighted by Gasteiger charge is 2.44. The first-order chi connectivity index (χ1) is 11.1. The molecule has 5 unspecified atom stereocenters. The number of pyridine rings is 1. The van der Waals surface area contributed by atoms with Gasteiger partial charge in [-0.2, -0.15) is 0 Å². The lowest BCUT2D eigenvalue weighted by Crippen LogP contribution is -2.56. The summed E-state index contributed by atoms with van der Waals surface area (Å²) in [5.74, 6) is 1.43. The maximum atomic E-state index is 11.1. The van der Waals surface area contributed by atoms with Crippen molar-refractivity contribution in [2.75, 3.05) is 13.1 Å². The average molecular weight is 375 g/mol. The van der Waals surface area contributed by atoms with E-state index in [2.05, 4.69) is 38.8 Å². The van der Waals surface area contributed by atoms with Crippen LogP contribution < -0.4 is 0 Å². The van der Waals surface area contributed by atoms with Gasteiger partial charge in [-0.1, -0.05) is 41.1 Å². The van der Waals surface area contributed by atoms with E-state index in [1.54, 1.807) is 0 Å². The quantitative estimate of drug-likeness (QED) is 0.830. The molecule has 6 atom stereocenters. The van der Waals surface area contributed by atoms with Crippen molar-refractivity contribution in [3.63, 3.8) is 0 Å². The minimum atomic E-state index is -0.433. The van der Waals surface area contributed by atoms with Gasteiger partial charge in [-0.25, -0.2) is 0 Å². The summed E-state index contributed by atoms with van der Waals surface area (Å²) >= 11 is 3.77. The van der Waals surface area contributed by atoms with Crippen LogP contribution in [0.5, 0.6) is 0 Å². The molecule has 4 heterocycles. The molecule has 0 radical (unpaired) electrons. The van der Waals surface area contributed by atoms with Crippen molar-refractivity contribution >= 4 is 26.8 Å². The van der Waals surface area contributed by atoms with Crippen LogP contribution >= 0.6 is 15.9 Å². The maximum absolute atomic E-state index is 11.1. The fourth-order valence-corrected chi connectivity index (χ4v) is 5.14. The standard InChI is InChI=1S/C19H23BrN2O/c1-12(20)16-11-22-9-7-13(16)10-18(22)19(23)15-6-8-21-17-5-3-2-4-14(15)17/h2-6,8,12-13,16,18-19,23H,7,9-11H2,1H3/t12?,13?,16?,18?,19-/m0/s1. The molecule has 0 spiro atoms. The van der Waals surface area contributed by atoms with Gasteiger partial charge in [-0.15, -0.1) is 0 Å². The number of aliphatic hydroxyl groups is 1. The van der Waals surface area contributed by atoms with Gasteiger partial charge in [0.1, 0.15) is 0 Å². The molecule has 1 N–H and O–H groups in total. The third kappa shape index (κ3) is 2.71. The first kappa shape index (κ1) is 15.6. The second-order valence-electron chi connectivity index (χ2n) is 7.05. The SMILES string of the molecule is CC(Br)C1CN2CCC1CC2[C@@H](O)c1ccnc2ccccc12. The van der Waals surface area contributed by atoms with Crippen molar-refractivity contribution in [3.05, 3.63) is 42.1 Å². The minimum Gasteiger partial charge on any atom is -0.387 e. The Morgan fingerprint density at radius 2 is 2.13 bits per heavy atom. The van der Waals surface area contributed by atoms with E-state index in [0.29, 0.717) is 10.7 Å². The Labute approximate surface area is 145 Å². The van der Waals surface area contributed by atoms with Crippen molar-refractivity contribution in [2.45, 2.75) is 36.7 Å². The molecule has 3 fully saturated rings. The monoisotopic (exact) mass is 374 g/mol. The number of benzene rings is 1. The molecule has 2 aromatic rings. The highest BCUT2D eigenvalue weighted by Crippen LogP contribution is 2.43. The lowest BCUT2D eigenvalue weighted by molar-refractivity contribution is -0.0544. The molecule has 3 saturated heterocycles. The molecular weight excluding hydrogens is 352 g/mol. The third-order valence-electron chi connectivity index (χ3n) is 5.81. The summed E-state index contributed by atoms with van der Waals surface area (Å²) in [6, 6.07) is 10.3. The molecule has 2 bridgehead atoms. The molecule has 23 heavy (non-hydrogen) atoms. The largest absolute Gasteiger partial charge is 0.387 e. The van der Waals surface area contributed by atoms with Crippen LogP contribution in [0.1, 0.15) is 31.4 Å². The predicted octanol–water partition coefficient (Wildman–Crippen LogP) is 3.76. The van der Waals surface area contributed by atoms with Crippen LogP contribution in [0.4, 0.5) is 0 Å². The fraction of sp³-hybridized carbons (Fsp3) is 0.526. The van der Waals surface area contributed by atoms with Crippen LogP contribution in [0.2, 0.25) is 0 Å². The Kier molecular flexibility index (Phi) is 4.16. The summed E-state index contributed by atoms with van der Waals surface area (Å²) in [7, 11) is 0. The summed E-state index contributed by atoms with van der Waals surface area (Å²) < 4.78 is 0. The molecule has 122 valence electrons. The van der Waals surface area contributed by atoms with E-state index in [1.807, 2.05) is 30.5 Å². The molecular formula is C19H23BrN2O. The number of hydrogen-bond donors (Lipinski definition) is 1. The third-order valence-corrected chi connectivity index (χ3v) is 6.49. The van der Waals surface area contributed by atoms with Gasteiger partial charge in [-0.3, -0.25) is 9.88 Å². The lowest BCUT2D eigenvalue weighted by Gasteiger charge is -2.52. The Morgan fingerprint density at radius 3 is 2.87 bits per heavy atom. The van der Waals surface area contributed by atoms with E-state index in [9.17, 15) is 5.11 Å². The Morgan fingerprint density at radius 1 is 1.30 bits per heavy atom. The van der Waals surface area contributed by atoms with Crippen LogP contribution in [0.3, 0.4) is 0 Å². The lowest BCUT2D eigenvalue weighted by atomic mass is 9.72. The summed E-state index contributed by atoms with van der Waals surface area (Å²) in [6.45, 7) is 4.47. The first-order valence-electron chi connectivity index (χ1n) is 8.55. The second kappa shape index (κ2) is 6.15. The van der Waals surface area contributed by atoms with Crippen LogP contribution in [0.15, 0.2) is 36.5 Å². The molecule has 0 amide bonds. The van der Waals surface area contributed by atoms with Crippen LogP contribution in [-0.4, -0.2) is 38.9 Å². The minimum absolute atomic E-state index is 0.238. The highest BCUT2D eigenvalue weighted by molar-refractivity contribution is 9.09. The number of nitrogens with zero attached hydrogens (tertiary/aromatic N) is 2. The molecule has 3 aliphatic heterocycles. The number of halogens is 1.